The molecule has 0 spiro atoms. The molecular formula is C18H30IN5O4S2. The maximum atomic E-state index is 13.1. The lowest BCUT2D eigenvalue weighted by Gasteiger charge is -2.32. The number of sulfonamides is 1. The second-order valence-electron chi connectivity index (χ2n) is 7.49. The number of nitrogens with one attached hydrogen (secondary N) is 2. The first kappa shape index (κ1) is 25.3. The van der Waals surface area contributed by atoms with Crippen molar-refractivity contribution in [3.05, 3.63) is 29.8 Å². The molecule has 0 saturated carbocycles. The van der Waals surface area contributed by atoms with Crippen molar-refractivity contribution in [3.8, 4) is 0 Å². The smallest absolute Gasteiger partial charge is 0.243 e. The van der Waals surface area contributed by atoms with Crippen molar-refractivity contribution in [2.75, 3.05) is 51.8 Å². The lowest BCUT2D eigenvalue weighted by atomic mass is 10.2. The van der Waals surface area contributed by atoms with Crippen LogP contribution < -0.4 is 10.6 Å². The zero-order valence-electron chi connectivity index (χ0n) is 17.2. The van der Waals surface area contributed by atoms with E-state index < -0.39 is 19.9 Å². The predicted molar refractivity (Wildman–Crippen MR) is 129 cm³/mol. The van der Waals surface area contributed by atoms with Crippen LogP contribution in [-0.4, -0.2) is 89.8 Å². The number of hydrogen-bond acceptors (Lipinski definition) is 6. The van der Waals surface area contributed by atoms with Gasteiger partial charge in [-0.2, -0.15) is 4.31 Å². The summed E-state index contributed by atoms with van der Waals surface area (Å²) in [5, 5.41) is 6.23. The standard InChI is InChI=1S/C18H29N5O4S2.HI/c1-19-18(21-16-7-12-28(24,25)14-16)20-13-15-5-3-4-6-17(15)29(26,27)23-10-8-22(2)9-11-23;/h3-6,16H,7-14H2,1-2H3,(H2,19,20,21);1H. The fourth-order valence-electron chi connectivity index (χ4n) is 3.54. The molecule has 170 valence electrons. The summed E-state index contributed by atoms with van der Waals surface area (Å²) in [4.78, 5) is 6.54. The molecule has 0 bridgehead atoms. The van der Waals surface area contributed by atoms with Crippen LogP contribution in [0, 0.1) is 0 Å². The Kier molecular flexibility index (Phi) is 8.92. The minimum absolute atomic E-state index is 0. The normalized spacial score (nSPS) is 23.0. The van der Waals surface area contributed by atoms with Gasteiger partial charge in [0.1, 0.15) is 0 Å². The fourth-order valence-corrected chi connectivity index (χ4v) is 6.86. The Labute approximate surface area is 196 Å². The van der Waals surface area contributed by atoms with Gasteiger partial charge in [-0.1, -0.05) is 18.2 Å². The van der Waals surface area contributed by atoms with Gasteiger partial charge in [0, 0.05) is 45.8 Å². The number of benzene rings is 1. The summed E-state index contributed by atoms with van der Waals surface area (Å²) < 4.78 is 51.1. The summed E-state index contributed by atoms with van der Waals surface area (Å²) in [6.45, 7) is 2.63. The minimum Gasteiger partial charge on any atom is -0.353 e. The second-order valence-corrected chi connectivity index (χ2v) is 11.6. The van der Waals surface area contributed by atoms with Gasteiger partial charge in [-0.25, -0.2) is 16.8 Å². The molecule has 2 fully saturated rings. The van der Waals surface area contributed by atoms with E-state index in [2.05, 4.69) is 20.5 Å². The van der Waals surface area contributed by atoms with Crippen molar-refractivity contribution >= 4 is 49.8 Å². The van der Waals surface area contributed by atoms with Crippen LogP contribution in [0.2, 0.25) is 0 Å². The zero-order valence-corrected chi connectivity index (χ0v) is 21.2. The van der Waals surface area contributed by atoms with E-state index in [0.29, 0.717) is 44.1 Å². The molecule has 2 N–H and O–H groups in total. The van der Waals surface area contributed by atoms with E-state index >= 15 is 0 Å². The van der Waals surface area contributed by atoms with Gasteiger partial charge in [-0.3, -0.25) is 4.99 Å². The summed E-state index contributed by atoms with van der Waals surface area (Å²) >= 11 is 0. The number of nitrogens with zero attached hydrogens (tertiary/aromatic N) is 3. The van der Waals surface area contributed by atoms with Crippen LogP contribution in [0.25, 0.3) is 0 Å². The Morgan fingerprint density at radius 1 is 1.20 bits per heavy atom. The monoisotopic (exact) mass is 571 g/mol. The molecule has 0 amide bonds. The van der Waals surface area contributed by atoms with E-state index in [0.717, 1.165) is 0 Å². The molecular weight excluding hydrogens is 541 g/mol. The highest BCUT2D eigenvalue weighted by Gasteiger charge is 2.30. The number of guanidine groups is 1. The average molecular weight is 572 g/mol. The van der Waals surface area contributed by atoms with Crippen molar-refractivity contribution in [1.29, 1.82) is 0 Å². The summed E-state index contributed by atoms with van der Waals surface area (Å²) in [6, 6.07) is 6.76. The van der Waals surface area contributed by atoms with E-state index in [1.54, 1.807) is 31.3 Å². The van der Waals surface area contributed by atoms with Crippen LogP contribution >= 0.6 is 24.0 Å². The van der Waals surface area contributed by atoms with Crippen molar-refractivity contribution in [1.82, 2.24) is 19.8 Å². The molecule has 0 aliphatic carbocycles. The molecule has 3 rings (SSSR count). The van der Waals surface area contributed by atoms with Crippen LogP contribution in [0.5, 0.6) is 0 Å². The molecule has 30 heavy (non-hydrogen) atoms. The van der Waals surface area contributed by atoms with Crippen molar-refractivity contribution in [3.63, 3.8) is 0 Å². The first-order valence-electron chi connectivity index (χ1n) is 9.65. The Hall–Kier alpha value is -0.960. The first-order chi connectivity index (χ1) is 13.7. The molecule has 9 nitrogen and oxygen atoms in total. The molecule has 2 saturated heterocycles. The van der Waals surface area contributed by atoms with Gasteiger partial charge in [0.2, 0.25) is 10.0 Å². The van der Waals surface area contributed by atoms with Gasteiger partial charge in [0.25, 0.3) is 0 Å². The number of aliphatic imine (C=N–C) groups is 1. The third-order valence-corrected chi connectivity index (χ3v) is 9.06. The molecule has 1 atom stereocenters. The van der Waals surface area contributed by atoms with Gasteiger partial charge in [0.15, 0.2) is 15.8 Å². The number of piperazine rings is 1. The summed E-state index contributed by atoms with van der Waals surface area (Å²) in [5.41, 5.74) is 0.647. The Bertz CT molecular complexity index is 961. The third kappa shape index (κ3) is 6.28. The lowest BCUT2D eigenvalue weighted by Crippen LogP contribution is -2.47. The molecule has 2 heterocycles. The molecule has 1 unspecified atom stereocenters. The zero-order chi connectivity index (χ0) is 21.1. The van der Waals surface area contributed by atoms with E-state index in [9.17, 15) is 16.8 Å². The van der Waals surface area contributed by atoms with E-state index in [4.69, 9.17) is 0 Å². The van der Waals surface area contributed by atoms with Gasteiger partial charge in [-0.05, 0) is 25.1 Å². The van der Waals surface area contributed by atoms with Crippen LogP contribution in [-0.2, 0) is 26.4 Å². The van der Waals surface area contributed by atoms with Gasteiger partial charge in [-0.15, -0.1) is 24.0 Å². The van der Waals surface area contributed by atoms with Gasteiger partial charge < -0.3 is 15.5 Å². The lowest BCUT2D eigenvalue weighted by molar-refractivity contribution is 0.222. The van der Waals surface area contributed by atoms with Gasteiger partial charge >= 0.3 is 0 Å². The minimum atomic E-state index is -3.58. The largest absolute Gasteiger partial charge is 0.353 e. The van der Waals surface area contributed by atoms with E-state index in [-0.39, 0.29) is 53.0 Å². The second kappa shape index (κ2) is 10.6. The highest BCUT2D eigenvalue weighted by atomic mass is 127. The molecule has 0 aromatic heterocycles. The Morgan fingerprint density at radius 3 is 2.47 bits per heavy atom. The number of hydrogen-bond donors (Lipinski definition) is 2. The van der Waals surface area contributed by atoms with Crippen molar-refractivity contribution in [2.24, 2.45) is 4.99 Å². The van der Waals surface area contributed by atoms with Crippen molar-refractivity contribution in [2.45, 2.75) is 23.9 Å². The number of halogens is 1. The third-order valence-electron chi connectivity index (χ3n) is 5.30. The molecule has 1 aromatic carbocycles. The van der Waals surface area contributed by atoms with Crippen molar-refractivity contribution < 1.29 is 16.8 Å². The SMILES string of the molecule is CN=C(NCc1ccccc1S(=O)(=O)N1CCN(C)CC1)NC1CCS(=O)(=O)C1.I. The Morgan fingerprint density at radius 2 is 1.87 bits per heavy atom. The maximum Gasteiger partial charge on any atom is 0.243 e. The number of likely N-dealkylation sites (N-methyl/N-ethyl adjacent to an activating group) is 1. The first-order valence-corrected chi connectivity index (χ1v) is 12.9. The van der Waals surface area contributed by atoms with Crippen LogP contribution in [0.4, 0.5) is 0 Å². The summed E-state index contributed by atoms with van der Waals surface area (Å²) in [5.74, 6) is 0.717. The molecule has 2 aliphatic rings. The fraction of sp³-hybridized carbons (Fsp3) is 0.611. The molecule has 0 radical (unpaired) electrons. The highest BCUT2D eigenvalue weighted by Crippen LogP contribution is 2.21. The Balaban J connectivity index is 0.00000320. The summed E-state index contributed by atoms with van der Waals surface area (Å²) in [6.07, 6.45) is 0.539. The number of rotatable bonds is 5. The topological polar surface area (TPSA) is 111 Å². The van der Waals surface area contributed by atoms with E-state index in [1.165, 1.54) is 4.31 Å². The molecule has 1 aromatic rings. The molecule has 12 heteroatoms. The quantitative estimate of drug-likeness (QED) is 0.293. The number of sulfone groups is 1. The maximum absolute atomic E-state index is 13.1. The predicted octanol–water partition coefficient (Wildman–Crippen LogP) is 0.0928. The van der Waals surface area contributed by atoms with E-state index in [1.807, 2.05) is 7.05 Å². The van der Waals surface area contributed by atoms with Crippen LogP contribution in [0.15, 0.2) is 34.2 Å². The highest BCUT2D eigenvalue weighted by molar-refractivity contribution is 14.0. The average Bonchev–Trinajstić information content (AvgIpc) is 3.04. The van der Waals surface area contributed by atoms with Crippen LogP contribution in [0.3, 0.4) is 0 Å². The summed E-state index contributed by atoms with van der Waals surface area (Å²) in [7, 11) is -2.99. The van der Waals surface area contributed by atoms with Crippen LogP contribution in [0.1, 0.15) is 12.0 Å². The molecule has 2 aliphatic heterocycles. The van der Waals surface area contributed by atoms with Gasteiger partial charge in [0.05, 0.1) is 16.4 Å².